The number of nitrogens with zero attached hydrogens (tertiary/aromatic N) is 2. The van der Waals surface area contributed by atoms with Gasteiger partial charge < -0.3 is 4.90 Å². The van der Waals surface area contributed by atoms with Gasteiger partial charge in [-0.3, -0.25) is 9.69 Å². The molecule has 0 aliphatic carbocycles. The summed E-state index contributed by atoms with van der Waals surface area (Å²) in [6.07, 6.45) is 0. The van der Waals surface area contributed by atoms with Crippen LogP contribution in [0.1, 0.15) is 11.6 Å². The van der Waals surface area contributed by atoms with Crippen LogP contribution in [0.5, 0.6) is 0 Å². The smallest absolute Gasteiger partial charge is 0.266 e. The van der Waals surface area contributed by atoms with Crippen molar-refractivity contribution in [3.63, 3.8) is 0 Å². The molecule has 1 saturated heterocycles. The Balaban J connectivity index is 1.97. The summed E-state index contributed by atoms with van der Waals surface area (Å²) in [5.74, 6) is -0.772. The lowest BCUT2D eigenvalue weighted by molar-refractivity contribution is -0.125. The molecule has 1 fully saturated rings. The molecule has 1 amide bonds. The van der Waals surface area contributed by atoms with E-state index in [0.717, 1.165) is 11.3 Å². The zero-order chi connectivity index (χ0) is 16.8. The third-order valence-electron chi connectivity index (χ3n) is 3.94. The highest BCUT2D eigenvalue weighted by Gasteiger charge is 2.60. The second kappa shape index (κ2) is 5.69. The molecule has 2 aromatic rings. The molecular formula is C17H15Cl2FN2O. The minimum Gasteiger partial charge on any atom is -0.378 e. The summed E-state index contributed by atoms with van der Waals surface area (Å²) in [6.45, 7) is 0. The summed E-state index contributed by atoms with van der Waals surface area (Å²) in [5, 5.41) is 0. The van der Waals surface area contributed by atoms with Crippen LogP contribution < -0.4 is 9.80 Å². The topological polar surface area (TPSA) is 23.6 Å². The van der Waals surface area contributed by atoms with Crippen LogP contribution in [0.4, 0.5) is 15.8 Å². The Bertz CT molecular complexity index is 729. The molecule has 3 nitrogen and oxygen atoms in total. The standard InChI is InChI=1S/C17H15Cl2FN2O/c1-21(2)13-7-3-11(4-8-13)15-17(18,19)16(23)22(15)14-9-5-12(20)6-10-14/h3-10,15H,1-2H3. The number of benzene rings is 2. The Morgan fingerprint density at radius 2 is 1.61 bits per heavy atom. The van der Waals surface area contributed by atoms with E-state index in [0.29, 0.717) is 5.69 Å². The molecule has 1 unspecified atom stereocenters. The Labute approximate surface area is 144 Å². The summed E-state index contributed by atoms with van der Waals surface area (Å²) in [6, 6.07) is 12.8. The van der Waals surface area contributed by atoms with Gasteiger partial charge in [0.2, 0.25) is 4.33 Å². The minimum atomic E-state index is -1.52. The van der Waals surface area contributed by atoms with Gasteiger partial charge in [-0.2, -0.15) is 0 Å². The SMILES string of the molecule is CN(C)c1ccc(C2N(c3ccc(F)cc3)C(=O)C2(Cl)Cl)cc1. The molecule has 120 valence electrons. The molecule has 23 heavy (non-hydrogen) atoms. The monoisotopic (exact) mass is 352 g/mol. The van der Waals surface area contributed by atoms with Crippen LogP contribution >= 0.6 is 23.2 Å². The molecule has 3 rings (SSSR count). The zero-order valence-corrected chi connectivity index (χ0v) is 14.1. The van der Waals surface area contributed by atoms with Crippen LogP contribution in [-0.4, -0.2) is 24.3 Å². The van der Waals surface area contributed by atoms with E-state index >= 15 is 0 Å². The van der Waals surface area contributed by atoms with Crippen molar-refractivity contribution in [3.05, 3.63) is 59.9 Å². The second-order valence-corrected chi connectivity index (χ2v) is 7.05. The lowest BCUT2D eigenvalue weighted by atomic mass is 9.91. The molecule has 1 aliphatic rings. The Kier molecular flexibility index (Phi) is 3.98. The average molecular weight is 353 g/mol. The molecule has 6 heteroatoms. The summed E-state index contributed by atoms with van der Waals surface area (Å²) in [7, 11) is 3.89. The molecule has 1 heterocycles. The third kappa shape index (κ3) is 2.66. The van der Waals surface area contributed by atoms with E-state index in [1.807, 2.05) is 43.3 Å². The predicted octanol–water partition coefficient (Wildman–Crippen LogP) is 4.15. The molecule has 0 aromatic heterocycles. The maximum Gasteiger partial charge on any atom is 0.266 e. The van der Waals surface area contributed by atoms with Gasteiger partial charge in [0.05, 0.1) is 0 Å². The number of halogens is 3. The maximum atomic E-state index is 13.1. The highest BCUT2D eigenvalue weighted by molar-refractivity contribution is 6.62. The fraction of sp³-hybridized carbons (Fsp3) is 0.235. The number of rotatable bonds is 3. The fourth-order valence-corrected chi connectivity index (χ4v) is 3.30. The summed E-state index contributed by atoms with van der Waals surface area (Å²) < 4.78 is 11.6. The van der Waals surface area contributed by atoms with Crippen LogP contribution in [-0.2, 0) is 4.79 Å². The first kappa shape index (κ1) is 16.1. The fourth-order valence-electron chi connectivity index (χ4n) is 2.67. The summed E-state index contributed by atoms with van der Waals surface area (Å²) in [5.41, 5.74) is 2.42. The Morgan fingerprint density at radius 3 is 2.13 bits per heavy atom. The number of carbonyl (C=O) groups excluding carboxylic acids is 1. The van der Waals surface area contributed by atoms with Gasteiger partial charge in [-0.05, 0) is 42.0 Å². The maximum absolute atomic E-state index is 13.1. The van der Waals surface area contributed by atoms with Crippen LogP contribution in [0.15, 0.2) is 48.5 Å². The quantitative estimate of drug-likeness (QED) is 0.611. The first-order valence-corrected chi connectivity index (χ1v) is 7.82. The van der Waals surface area contributed by atoms with E-state index in [2.05, 4.69) is 0 Å². The molecular weight excluding hydrogens is 338 g/mol. The van der Waals surface area contributed by atoms with Crippen LogP contribution in [0.3, 0.4) is 0 Å². The second-order valence-electron chi connectivity index (χ2n) is 5.66. The Hall–Kier alpha value is -1.78. The average Bonchev–Trinajstić information content (AvgIpc) is 2.53. The molecule has 0 saturated carbocycles. The zero-order valence-electron chi connectivity index (χ0n) is 12.6. The van der Waals surface area contributed by atoms with Gasteiger partial charge in [0.1, 0.15) is 11.9 Å². The number of hydrogen-bond acceptors (Lipinski definition) is 2. The van der Waals surface area contributed by atoms with Gasteiger partial charge in [0.25, 0.3) is 5.91 Å². The molecule has 0 bridgehead atoms. The van der Waals surface area contributed by atoms with Crippen molar-refractivity contribution in [3.8, 4) is 0 Å². The molecule has 2 aromatic carbocycles. The van der Waals surface area contributed by atoms with Crippen molar-refractivity contribution in [2.45, 2.75) is 10.4 Å². The van der Waals surface area contributed by atoms with E-state index < -0.39 is 16.3 Å². The van der Waals surface area contributed by atoms with Gasteiger partial charge in [-0.15, -0.1) is 0 Å². The van der Waals surface area contributed by atoms with Crippen molar-refractivity contribution >= 4 is 40.5 Å². The van der Waals surface area contributed by atoms with Crippen molar-refractivity contribution in [2.24, 2.45) is 0 Å². The van der Waals surface area contributed by atoms with E-state index in [9.17, 15) is 9.18 Å². The first-order chi connectivity index (χ1) is 10.8. The lowest BCUT2D eigenvalue weighted by Crippen LogP contribution is -2.62. The van der Waals surface area contributed by atoms with Crippen molar-refractivity contribution < 1.29 is 9.18 Å². The molecule has 1 aliphatic heterocycles. The summed E-state index contributed by atoms with van der Waals surface area (Å²) in [4.78, 5) is 15.8. The van der Waals surface area contributed by atoms with Crippen molar-refractivity contribution in [2.75, 3.05) is 23.9 Å². The van der Waals surface area contributed by atoms with E-state index in [-0.39, 0.29) is 5.82 Å². The van der Waals surface area contributed by atoms with Gasteiger partial charge in [0, 0.05) is 25.5 Å². The van der Waals surface area contributed by atoms with Crippen molar-refractivity contribution in [1.29, 1.82) is 0 Å². The lowest BCUT2D eigenvalue weighted by Gasteiger charge is -2.49. The van der Waals surface area contributed by atoms with Gasteiger partial charge in [0.15, 0.2) is 0 Å². The summed E-state index contributed by atoms with van der Waals surface area (Å²) >= 11 is 12.4. The largest absolute Gasteiger partial charge is 0.378 e. The van der Waals surface area contributed by atoms with E-state index in [1.165, 1.54) is 29.2 Å². The highest BCUT2D eigenvalue weighted by atomic mass is 35.5. The minimum absolute atomic E-state index is 0.364. The van der Waals surface area contributed by atoms with Crippen LogP contribution in [0, 0.1) is 5.82 Å². The van der Waals surface area contributed by atoms with Gasteiger partial charge in [-0.1, -0.05) is 35.3 Å². The predicted molar refractivity (Wildman–Crippen MR) is 91.8 cm³/mol. The third-order valence-corrected chi connectivity index (χ3v) is 4.67. The Morgan fingerprint density at radius 1 is 1.04 bits per heavy atom. The molecule has 1 atom stereocenters. The number of β-lactam (4-membered cyclic amide) rings is 1. The molecule has 0 radical (unpaired) electrons. The highest BCUT2D eigenvalue weighted by Crippen LogP contribution is 2.52. The molecule has 0 spiro atoms. The number of hydrogen-bond donors (Lipinski definition) is 0. The number of amides is 1. The van der Waals surface area contributed by atoms with Gasteiger partial charge in [-0.25, -0.2) is 4.39 Å². The van der Waals surface area contributed by atoms with E-state index in [4.69, 9.17) is 23.2 Å². The normalized spacial score (nSPS) is 19.4. The van der Waals surface area contributed by atoms with Gasteiger partial charge >= 0.3 is 0 Å². The van der Waals surface area contributed by atoms with Crippen LogP contribution in [0.25, 0.3) is 0 Å². The number of anilines is 2. The van der Waals surface area contributed by atoms with Crippen molar-refractivity contribution in [1.82, 2.24) is 0 Å². The number of carbonyl (C=O) groups is 1. The van der Waals surface area contributed by atoms with Crippen LogP contribution in [0.2, 0.25) is 0 Å². The van der Waals surface area contributed by atoms with E-state index in [1.54, 1.807) is 0 Å². The molecule has 0 N–H and O–H groups in total. The first-order valence-electron chi connectivity index (χ1n) is 7.06. The number of alkyl halides is 2.